The molecule has 1 amide bonds. The van der Waals surface area contributed by atoms with Crippen molar-refractivity contribution >= 4 is 21.6 Å². The summed E-state index contributed by atoms with van der Waals surface area (Å²) in [7, 11) is -1.29. The molecule has 0 radical (unpaired) electrons. The van der Waals surface area contributed by atoms with E-state index in [0.29, 0.717) is 23.4 Å². The van der Waals surface area contributed by atoms with Crippen molar-refractivity contribution in [1.82, 2.24) is 10.2 Å². The van der Waals surface area contributed by atoms with E-state index < -0.39 is 10.0 Å². The van der Waals surface area contributed by atoms with E-state index in [1.54, 1.807) is 25.1 Å². The zero-order valence-electron chi connectivity index (χ0n) is 17.6. The molecule has 0 spiro atoms. The number of hydrogen-bond donors (Lipinski definition) is 2. The van der Waals surface area contributed by atoms with E-state index in [1.807, 2.05) is 24.3 Å². The number of rotatable bonds is 7. The molecule has 7 nitrogen and oxygen atoms in total. The molecule has 0 saturated carbocycles. The molecule has 1 aliphatic heterocycles. The fourth-order valence-corrected chi connectivity index (χ4v) is 4.07. The van der Waals surface area contributed by atoms with E-state index in [9.17, 15) is 13.2 Å². The molecule has 1 fully saturated rings. The Morgan fingerprint density at radius 2 is 1.80 bits per heavy atom. The molecule has 3 rings (SSSR count). The van der Waals surface area contributed by atoms with Gasteiger partial charge in [0.25, 0.3) is 5.91 Å². The lowest BCUT2D eigenvalue weighted by molar-refractivity contribution is 0.0950. The molecular weight excluding hydrogens is 402 g/mol. The lowest BCUT2D eigenvalue weighted by Gasteiger charge is -2.29. The molecule has 2 aromatic rings. The second-order valence-electron chi connectivity index (χ2n) is 7.80. The third-order valence-electron chi connectivity index (χ3n) is 5.22. The van der Waals surface area contributed by atoms with Crippen LogP contribution in [0.2, 0.25) is 0 Å². The number of ether oxygens (including phenoxy) is 1. The number of anilines is 1. The minimum Gasteiger partial charge on any atom is -0.490 e. The first-order valence-electron chi connectivity index (χ1n) is 10.0. The van der Waals surface area contributed by atoms with Gasteiger partial charge in [0, 0.05) is 25.2 Å². The van der Waals surface area contributed by atoms with Gasteiger partial charge in [0.2, 0.25) is 10.0 Å². The minimum absolute atomic E-state index is 0.252. The van der Waals surface area contributed by atoms with Crippen molar-refractivity contribution in [3.8, 4) is 5.75 Å². The van der Waals surface area contributed by atoms with Crippen LogP contribution in [-0.4, -0.2) is 51.7 Å². The molecule has 0 aromatic heterocycles. The molecule has 1 heterocycles. The van der Waals surface area contributed by atoms with Crippen molar-refractivity contribution in [3.05, 3.63) is 59.2 Å². The molecule has 0 atom stereocenters. The lowest BCUT2D eigenvalue weighted by atomic mass is 10.1. The third-order valence-corrected chi connectivity index (χ3v) is 5.81. The monoisotopic (exact) mass is 431 g/mol. The van der Waals surface area contributed by atoms with Gasteiger partial charge in [-0.05, 0) is 62.2 Å². The van der Waals surface area contributed by atoms with E-state index >= 15 is 0 Å². The number of piperidine rings is 1. The Kier molecular flexibility index (Phi) is 6.99. The molecule has 1 saturated heterocycles. The first-order valence-corrected chi connectivity index (χ1v) is 11.9. The highest BCUT2D eigenvalue weighted by Crippen LogP contribution is 2.21. The quantitative estimate of drug-likeness (QED) is 0.704. The predicted molar refractivity (Wildman–Crippen MR) is 118 cm³/mol. The number of amides is 1. The Morgan fingerprint density at radius 1 is 1.13 bits per heavy atom. The van der Waals surface area contributed by atoms with Crippen LogP contribution in [0.5, 0.6) is 5.75 Å². The summed E-state index contributed by atoms with van der Waals surface area (Å²) in [5.41, 5.74) is 2.39. The molecule has 0 bridgehead atoms. The van der Waals surface area contributed by atoms with Gasteiger partial charge in [-0.1, -0.05) is 18.2 Å². The molecular formula is C22H29N3O4S. The SMILES string of the molecule is Cc1c(NS(C)(=O)=O)cccc1C(=O)NCc1ccc(OC2CCN(C)CC2)cc1. The van der Waals surface area contributed by atoms with Crippen LogP contribution < -0.4 is 14.8 Å². The zero-order chi connectivity index (χ0) is 21.7. The van der Waals surface area contributed by atoms with Gasteiger partial charge in [0.05, 0.1) is 11.9 Å². The number of nitrogens with one attached hydrogen (secondary N) is 2. The van der Waals surface area contributed by atoms with Gasteiger partial charge >= 0.3 is 0 Å². The van der Waals surface area contributed by atoms with Crippen molar-refractivity contribution in [2.75, 3.05) is 31.1 Å². The number of benzene rings is 2. The minimum atomic E-state index is -3.41. The highest BCUT2D eigenvalue weighted by molar-refractivity contribution is 7.92. The Bertz CT molecular complexity index is 982. The van der Waals surface area contributed by atoms with Gasteiger partial charge in [0.15, 0.2) is 0 Å². The standard InChI is InChI=1S/C22H29N3O4S/c1-16-20(5-4-6-21(16)24-30(3,27)28)22(26)23-15-17-7-9-18(10-8-17)29-19-11-13-25(2)14-12-19/h4-10,19,24H,11-15H2,1-3H3,(H,23,26). The first-order chi connectivity index (χ1) is 14.2. The summed E-state index contributed by atoms with van der Waals surface area (Å²) < 4.78 is 31.5. The van der Waals surface area contributed by atoms with Crippen LogP contribution in [0.1, 0.15) is 34.3 Å². The Labute approximate surface area is 178 Å². The van der Waals surface area contributed by atoms with Crippen molar-refractivity contribution < 1.29 is 17.9 Å². The summed E-state index contributed by atoms with van der Waals surface area (Å²) in [5, 5.41) is 2.89. The second-order valence-corrected chi connectivity index (χ2v) is 9.55. The Hall–Kier alpha value is -2.58. The largest absolute Gasteiger partial charge is 0.490 e. The zero-order valence-corrected chi connectivity index (χ0v) is 18.5. The van der Waals surface area contributed by atoms with Gasteiger partial charge < -0.3 is 15.0 Å². The molecule has 30 heavy (non-hydrogen) atoms. The predicted octanol–water partition coefficient (Wildman–Crippen LogP) is 2.77. The molecule has 1 aliphatic rings. The summed E-state index contributed by atoms with van der Waals surface area (Å²) in [4.78, 5) is 14.9. The van der Waals surface area contributed by atoms with Crippen LogP contribution in [0.4, 0.5) is 5.69 Å². The van der Waals surface area contributed by atoms with E-state index in [4.69, 9.17) is 4.74 Å². The number of nitrogens with zero attached hydrogens (tertiary/aromatic N) is 1. The summed E-state index contributed by atoms with van der Waals surface area (Å²) in [5.74, 6) is 0.589. The van der Waals surface area contributed by atoms with Gasteiger partial charge in [-0.15, -0.1) is 0 Å². The van der Waals surface area contributed by atoms with Gasteiger partial charge in [-0.25, -0.2) is 8.42 Å². The van der Waals surface area contributed by atoms with Gasteiger partial charge in [-0.3, -0.25) is 9.52 Å². The summed E-state index contributed by atoms with van der Waals surface area (Å²) in [6.45, 7) is 4.19. The summed E-state index contributed by atoms with van der Waals surface area (Å²) in [6, 6.07) is 12.7. The van der Waals surface area contributed by atoms with Gasteiger partial charge in [-0.2, -0.15) is 0 Å². The average molecular weight is 432 g/mol. The molecule has 0 aliphatic carbocycles. The maximum absolute atomic E-state index is 12.6. The van der Waals surface area contributed by atoms with Crippen molar-refractivity contribution in [2.45, 2.75) is 32.4 Å². The van der Waals surface area contributed by atoms with E-state index in [2.05, 4.69) is 22.0 Å². The highest BCUT2D eigenvalue weighted by atomic mass is 32.2. The molecule has 162 valence electrons. The normalized spacial score (nSPS) is 15.6. The van der Waals surface area contributed by atoms with Crippen molar-refractivity contribution in [1.29, 1.82) is 0 Å². The first kappa shape index (κ1) is 22.1. The van der Waals surface area contributed by atoms with E-state index in [1.165, 1.54) is 0 Å². The van der Waals surface area contributed by atoms with Crippen LogP contribution in [-0.2, 0) is 16.6 Å². The fraction of sp³-hybridized carbons (Fsp3) is 0.409. The summed E-state index contributed by atoms with van der Waals surface area (Å²) >= 11 is 0. The Balaban J connectivity index is 1.56. The molecule has 2 N–H and O–H groups in total. The van der Waals surface area contributed by atoms with E-state index in [-0.39, 0.29) is 12.0 Å². The number of carbonyl (C=O) groups excluding carboxylic acids is 1. The van der Waals surface area contributed by atoms with Gasteiger partial charge in [0.1, 0.15) is 11.9 Å². The average Bonchev–Trinajstić information content (AvgIpc) is 2.69. The van der Waals surface area contributed by atoms with Crippen LogP contribution in [0, 0.1) is 6.92 Å². The number of hydrogen-bond acceptors (Lipinski definition) is 5. The topological polar surface area (TPSA) is 87.7 Å². The van der Waals surface area contributed by atoms with Crippen LogP contribution in [0.3, 0.4) is 0 Å². The number of carbonyl (C=O) groups is 1. The van der Waals surface area contributed by atoms with Crippen LogP contribution >= 0.6 is 0 Å². The smallest absolute Gasteiger partial charge is 0.251 e. The molecule has 8 heteroatoms. The second kappa shape index (κ2) is 9.49. The van der Waals surface area contributed by atoms with Crippen LogP contribution in [0.15, 0.2) is 42.5 Å². The fourth-order valence-electron chi connectivity index (χ4n) is 3.45. The third kappa shape index (κ3) is 6.21. The highest BCUT2D eigenvalue weighted by Gasteiger charge is 2.18. The molecule has 0 unspecified atom stereocenters. The Morgan fingerprint density at radius 3 is 2.43 bits per heavy atom. The number of likely N-dealkylation sites (tertiary alicyclic amines) is 1. The maximum Gasteiger partial charge on any atom is 0.251 e. The number of sulfonamides is 1. The van der Waals surface area contributed by atoms with Crippen molar-refractivity contribution in [3.63, 3.8) is 0 Å². The molecule has 2 aromatic carbocycles. The lowest BCUT2D eigenvalue weighted by Crippen LogP contribution is -2.35. The maximum atomic E-state index is 12.6. The van der Waals surface area contributed by atoms with Crippen LogP contribution in [0.25, 0.3) is 0 Å². The van der Waals surface area contributed by atoms with Crippen molar-refractivity contribution in [2.24, 2.45) is 0 Å². The van der Waals surface area contributed by atoms with E-state index in [0.717, 1.165) is 43.5 Å². The summed E-state index contributed by atoms with van der Waals surface area (Å²) in [6.07, 6.45) is 3.39.